The topological polar surface area (TPSA) is 32.9 Å². The highest BCUT2D eigenvalue weighted by molar-refractivity contribution is 6.37. The van der Waals surface area contributed by atoms with Crippen molar-refractivity contribution in [2.75, 3.05) is 0 Å². The van der Waals surface area contributed by atoms with Crippen LogP contribution in [-0.2, 0) is 6.42 Å². The van der Waals surface area contributed by atoms with Gasteiger partial charge in [0.1, 0.15) is 0 Å². The number of H-pyrrole nitrogens is 1. The van der Waals surface area contributed by atoms with Crippen molar-refractivity contribution in [2.24, 2.45) is 0 Å². The fourth-order valence-electron chi connectivity index (χ4n) is 1.53. The predicted molar refractivity (Wildman–Crippen MR) is 58.1 cm³/mol. The van der Waals surface area contributed by atoms with Crippen LogP contribution < -0.4 is 0 Å². The van der Waals surface area contributed by atoms with E-state index in [1.165, 1.54) is 5.56 Å². The first-order valence-corrected chi connectivity index (χ1v) is 4.89. The van der Waals surface area contributed by atoms with Crippen molar-refractivity contribution >= 4 is 28.8 Å². The molecule has 0 aliphatic carbocycles. The summed E-state index contributed by atoms with van der Waals surface area (Å²) >= 11 is 6.02. The molecule has 0 amide bonds. The third kappa shape index (κ3) is 1.32. The van der Waals surface area contributed by atoms with Crippen molar-refractivity contribution in [3.8, 4) is 0 Å². The SMILES string of the molecule is CCc1ccc2[nH]c(C=O)c(Cl)c2c1. The maximum atomic E-state index is 10.6. The van der Waals surface area contributed by atoms with Crippen LogP contribution in [-0.4, -0.2) is 11.3 Å². The number of aromatic amines is 1. The second kappa shape index (κ2) is 3.46. The van der Waals surface area contributed by atoms with Gasteiger partial charge >= 0.3 is 0 Å². The van der Waals surface area contributed by atoms with E-state index in [0.29, 0.717) is 10.7 Å². The van der Waals surface area contributed by atoms with Crippen molar-refractivity contribution in [1.82, 2.24) is 4.98 Å². The van der Waals surface area contributed by atoms with Crippen LogP contribution >= 0.6 is 11.6 Å². The van der Waals surface area contributed by atoms with Crippen LogP contribution in [0.25, 0.3) is 10.9 Å². The van der Waals surface area contributed by atoms with Crippen molar-refractivity contribution in [3.63, 3.8) is 0 Å². The normalized spacial score (nSPS) is 10.7. The first kappa shape index (κ1) is 9.28. The first-order chi connectivity index (χ1) is 6.76. The molecule has 1 N–H and O–H groups in total. The molecule has 0 saturated carbocycles. The number of carbonyl (C=O) groups excluding carboxylic acids is 1. The maximum absolute atomic E-state index is 10.6. The van der Waals surface area contributed by atoms with Crippen LogP contribution in [0.3, 0.4) is 0 Å². The molecule has 2 rings (SSSR count). The maximum Gasteiger partial charge on any atom is 0.167 e. The number of halogens is 1. The fourth-order valence-corrected chi connectivity index (χ4v) is 1.78. The molecular formula is C11H10ClNO. The van der Waals surface area contributed by atoms with Crippen molar-refractivity contribution in [2.45, 2.75) is 13.3 Å². The molecular weight excluding hydrogens is 198 g/mol. The molecule has 0 saturated heterocycles. The molecule has 0 spiro atoms. The number of aryl methyl sites for hydroxylation is 1. The van der Waals surface area contributed by atoms with E-state index in [0.717, 1.165) is 23.6 Å². The van der Waals surface area contributed by atoms with Crippen LogP contribution in [0.4, 0.5) is 0 Å². The fraction of sp³-hybridized carbons (Fsp3) is 0.182. The number of nitrogens with one attached hydrogen (secondary N) is 1. The van der Waals surface area contributed by atoms with Gasteiger partial charge in [0.15, 0.2) is 6.29 Å². The van der Waals surface area contributed by atoms with Crippen LogP contribution in [0.1, 0.15) is 23.0 Å². The molecule has 2 aromatic rings. The van der Waals surface area contributed by atoms with Gasteiger partial charge in [-0.3, -0.25) is 4.79 Å². The van der Waals surface area contributed by atoms with E-state index in [-0.39, 0.29) is 0 Å². The van der Waals surface area contributed by atoms with Gasteiger partial charge in [0.05, 0.1) is 10.7 Å². The Balaban J connectivity index is 2.74. The lowest BCUT2D eigenvalue weighted by atomic mass is 10.1. The number of benzene rings is 1. The van der Waals surface area contributed by atoms with Gasteiger partial charge in [-0.25, -0.2) is 0 Å². The summed E-state index contributed by atoms with van der Waals surface area (Å²) in [7, 11) is 0. The Bertz CT molecular complexity index is 487. The molecule has 1 aromatic carbocycles. The Morgan fingerprint density at radius 2 is 2.29 bits per heavy atom. The molecule has 0 radical (unpaired) electrons. The first-order valence-electron chi connectivity index (χ1n) is 4.51. The molecule has 0 aliphatic heterocycles. The van der Waals surface area contributed by atoms with Gasteiger partial charge in [0.25, 0.3) is 0 Å². The Morgan fingerprint density at radius 3 is 2.93 bits per heavy atom. The molecule has 0 fully saturated rings. The minimum absolute atomic E-state index is 0.454. The zero-order valence-electron chi connectivity index (χ0n) is 7.80. The summed E-state index contributed by atoms with van der Waals surface area (Å²) in [6, 6.07) is 6.00. The summed E-state index contributed by atoms with van der Waals surface area (Å²) in [6.07, 6.45) is 1.71. The lowest BCUT2D eigenvalue weighted by Crippen LogP contribution is -1.77. The van der Waals surface area contributed by atoms with E-state index in [1.54, 1.807) is 0 Å². The lowest BCUT2D eigenvalue weighted by molar-refractivity contribution is 0.112. The van der Waals surface area contributed by atoms with Crippen LogP contribution in [0, 0.1) is 0 Å². The van der Waals surface area contributed by atoms with E-state index >= 15 is 0 Å². The summed E-state index contributed by atoms with van der Waals surface area (Å²) in [5.41, 5.74) is 2.58. The van der Waals surface area contributed by atoms with Gasteiger partial charge in [-0.2, -0.15) is 0 Å². The molecule has 2 nitrogen and oxygen atoms in total. The average Bonchev–Trinajstić information content (AvgIpc) is 2.55. The number of aldehydes is 1. The minimum Gasteiger partial charge on any atom is -0.351 e. The molecule has 14 heavy (non-hydrogen) atoms. The Kier molecular flexibility index (Phi) is 2.30. The van der Waals surface area contributed by atoms with Crippen LogP contribution in [0.2, 0.25) is 5.02 Å². The van der Waals surface area contributed by atoms with Gasteiger partial charge in [0.2, 0.25) is 0 Å². The largest absolute Gasteiger partial charge is 0.351 e. The number of aromatic nitrogens is 1. The van der Waals surface area contributed by atoms with Crippen molar-refractivity contribution < 1.29 is 4.79 Å². The number of rotatable bonds is 2. The van der Waals surface area contributed by atoms with Crippen molar-refractivity contribution in [3.05, 3.63) is 34.5 Å². The quantitative estimate of drug-likeness (QED) is 0.754. The molecule has 1 heterocycles. The molecule has 3 heteroatoms. The standard InChI is InChI=1S/C11H10ClNO/c1-2-7-3-4-9-8(5-7)11(12)10(6-14)13-9/h3-6,13H,2H2,1H3. The number of hydrogen-bond acceptors (Lipinski definition) is 1. The lowest BCUT2D eigenvalue weighted by Gasteiger charge is -1.95. The monoisotopic (exact) mass is 207 g/mol. The smallest absolute Gasteiger partial charge is 0.167 e. The number of fused-ring (bicyclic) bond motifs is 1. The molecule has 0 atom stereocenters. The Morgan fingerprint density at radius 1 is 1.50 bits per heavy atom. The predicted octanol–water partition coefficient (Wildman–Crippen LogP) is 3.20. The average molecular weight is 208 g/mol. The van der Waals surface area contributed by atoms with E-state index < -0.39 is 0 Å². The van der Waals surface area contributed by atoms with E-state index in [1.807, 2.05) is 18.2 Å². The molecule has 72 valence electrons. The van der Waals surface area contributed by atoms with Gasteiger partial charge in [-0.15, -0.1) is 0 Å². The molecule has 0 aliphatic rings. The number of carbonyl (C=O) groups is 1. The van der Waals surface area contributed by atoms with E-state index in [4.69, 9.17) is 11.6 Å². The second-order valence-electron chi connectivity index (χ2n) is 3.20. The van der Waals surface area contributed by atoms with Gasteiger partial charge in [-0.1, -0.05) is 24.6 Å². The summed E-state index contributed by atoms with van der Waals surface area (Å²) in [5.74, 6) is 0. The summed E-state index contributed by atoms with van der Waals surface area (Å²) in [4.78, 5) is 13.6. The molecule has 0 bridgehead atoms. The Labute approximate surface area is 86.9 Å². The highest BCUT2D eigenvalue weighted by Crippen LogP contribution is 2.27. The Hall–Kier alpha value is -1.28. The summed E-state index contributed by atoms with van der Waals surface area (Å²) in [6.45, 7) is 2.09. The highest BCUT2D eigenvalue weighted by Gasteiger charge is 2.08. The van der Waals surface area contributed by atoms with E-state index in [9.17, 15) is 4.79 Å². The van der Waals surface area contributed by atoms with E-state index in [2.05, 4.69) is 11.9 Å². The van der Waals surface area contributed by atoms with Crippen molar-refractivity contribution in [1.29, 1.82) is 0 Å². The van der Waals surface area contributed by atoms with Crippen LogP contribution in [0.15, 0.2) is 18.2 Å². The molecule has 0 unspecified atom stereocenters. The molecule has 1 aromatic heterocycles. The third-order valence-corrected chi connectivity index (χ3v) is 2.76. The second-order valence-corrected chi connectivity index (χ2v) is 3.58. The third-order valence-electron chi connectivity index (χ3n) is 2.35. The zero-order valence-corrected chi connectivity index (χ0v) is 8.56. The zero-order chi connectivity index (χ0) is 10.1. The number of hydrogen-bond donors (Lipinski definition) is 1. The summed E-state index contributed by atoms with van der Waals surface area (Å²) < 4.78 is 0. The highest BCUT2D eigenvalue weighted by atomic mass is 35.5. The van der Waals surface area contributed by atoms with Gasteiger partial charge in [0, 0.05) is 10.9 Å². The minimum atomic E-state index is 0.454. The summed E-state index contributed by atoms with van der Waals surface area (Å²) in [5, 5.41) is 1.44. The van der Waals surface area contributed by atoms with Gasteiger partial charge < -0.3 is 4.98 Å². The van der Waals surface area contributed by atoms with Crippen LogP contribution in [0.5, 0.6) is 0 Å². The van der Waals surface area contributed by atoms with Gasteiger partial charge in [-0.05, 0) is 24.1 Å².